The fourth-order valence-electron chi connectivity index (χ4n) is 6.04. The molecule has 5 aliphatic rings. The highest BCUT2D eigenvalue weighted by molar-refractivity contribution is 6.05. The lowest BCUT2D eigenvalue weighted by Crippen LogP contribution is -2.58. The molecule has 0 radical (unpaired) electrons. The number of rotatable bonds is 3. The monoisotopic (exact) mass is 378 g/mol. The molecule has 1 N–H and O–H groups in total. The maximum Gasteiger partial charge on any atom is 0.282 e. The van der Waals surface area contributed by atoms with Crippen LogP contribution in [-0.4, -0.2) is 35.7 Å². The second-order valence-electron chi connectivity index (χ2n) is 8.86. The van der Waals surface area contributed by atoms with Gasteiger partial charge in [-0.15, -0.1) is 0 Å². The van der Waals surface area contributed by atoms with Crippen molar-refractivity contribution in [1.82, 2.24) is 4.90 Å². The molecule has 27 heavy (non-hydrogen) atoms. The Labute approximate surface area is 155 Å². The van der Waals surface area contributed by atoms with Crippen LogP contribution >= 0.6 is 0 Å². The average Bonchev–Trinajstić information content (AvgIpc) is 2.99. The van der Waals surface area contributed by atoms with Crippen molar-refractivity contribution >= 4 is 17.5 Å². The smallest absolute Gasteiger partial charge is 0.282 e. The first kappa shape index (κ1) is 17.1. The van der Waals surface area contributed by atoms with Gasteiger partial charge in [-0.25, -0.2) is 13.2 Å². The molecule has 5 fully saturated rings. The summed E-state index contributed by atoms with van der Waals surface area (Å²) < 4.78 is 39.9. The van der Waals surface area contributed by atoms with Crippen molar-refractivity contribution in [2.75, 3.05) is 18.4 Å². The summed E-state index contributed by atoms with van der Waals surface area (Å²) in [7, 11) is 0. The maximum absolute atomic E-state index is 13.7. The fourth-order valence-corrected chi connectivity index (χ4v) is 6.04. The predicted molar refractivity (Wildman–Crippen MR) is 91.9 cm³/mol. The SMILES string of the molecule is O=C(c1cc(F)ccc1NC(=O)C12CC3CC(CC1C3)C2)N1CC(F)(F)C1. The summed E-state index contributed by atoms with van der Waals surface area (Å²) in [5.74, 6) is -2.72. The highest BCUT2D eigenvalue weighted by Gasteiger charge is 2.61. The molecule has 4 bridgehead atoms. The van der Waals surface area contributed by atoms with Gasteiger partial charge in [0.25, 0.3) is 11.8 Å². The third-order valence-electron chi connectivity index (χ3n) is 7.03. The standard InChI is InChI=1S/C20H21F3N2O2/c21-14-1-2-16(15(6-14)17(26)25-9-20(22,23)10-25)24-18(27)19-7-11-3-12(8-19)5-13(19)4-11/h1-2,6,11-13H,3-5,7-10H2,(H,24,27). The summed E-state index contributed by atoms with van der Waals surface area (Å²) in [6.45, 7) is -1.35. The third kappa shape index (κ3) is 2.57. The van der Waals surface area contributed by atoms with E-state index in [0.717, 1.165) is 36.6 Å². The van der Waals surface area contributed by atoms with Crippen molar-refractivity contribution in [3.8, 4) is 0 Å². The van der Waals surface area contributed by atoms with E-state index in [9.17, 15) is 22.8 Å². The Bertz CT molecular complexity index is 819. The highest BCUT2D eigenvalue weighted by Crippen LogP contribution is 2.65. The molecule has 2 unspecified atom stereocenters. The number of anilines is 1. The number of halogens is 3. The molecule has 1 aromatic rings. The largest absolute Gasteiger partial charge is 0.326 e. The van der Waals surface area contributed by atoms with Crippen molar-refractivity contribution in [2.45, 2.75) is 38.0 Å². The number of carbonyl (C=O) groups excluding carboxylic acids is 2. The Morgan fingerprint density at radius 1 is 1.07 bits per heavy atom. The molecule has 7 heteroatoms. The molecule has 4 nitrogen and oxygen atoms in total. The Morgan fingerprint density at radius 3 is 2.37 bits per heavy atom. The Kier molecular flexibility index (Phi) is 3.47. The van der Waals surface area contributed by atoms with Gasteiger partial charge in [-0.3, -0.25) is 9.59 Å². The molecule has 144 valence electrons. The van der Waals surface area contributed by atoms with Crippen molar-refractivity contribution in [1.29, 1.82) is 0 Å². The third-order valence-corrected chi connectivity index (χ3v) is 7.03. The van der Waals surface area contributed by atoms with Gasteiger partial charge in [-0.2, -0.15) is 0 Å². The van der Waals surface area contributed by atoms with Gasteiger partial charge in [0.15, 0.2) is 0 Å². The van der Waals surface area contributed by atoms with E-state index in [1.807, 2.05) is 0 Å². The maximum atomic E-state index is 13.7. The zero-order chi connectivity index (χ0) is 19.0. The number of nitrogens with one attached hydrogen (secondary N) is 1. The minimum atomic E-state index is -2.90. The van der Waals surface area contributed by atoms with Gasteiger partial charge < -0.3 is 10.2 Å². The number of hydrogen-bond acceptors (Lipinski definition) is 2. The van der Waals surface area contributed by atoms with Gasteiger partial charge in [0, 0.05) is 0 Å². The van der Waals surface area contributed by atoms with Crippen LogP contribution in [0.2, 0.25) is 0 Å². The molecule has 6 rings (SSSR count). The normalized spacial score (nSPS) is 35.2. The first-order valence-electron chi connectivity index (χ1n) is 9.54. The first-order chi connectivity index (χ1) is 12.8. The molecule has 1 heterocycles. The predicted octanol–water partition coefficient (Wildman–Crippen LogP) is 3.68. The number of benzene rings is 1. The molecule has 2 amide bonds. The van der Waals surface area contributed by atoms with Crippen LogP contribution in [0.1, 0.15) is 42.5 Å². The molecule has 1 aliphatic heterocycles. The summed E-state index contributed by atoms with van der Waals surface area (Å²) in [6.07, 6.45) is 5.13. The van der Waals surface area contributed by atoms with Crippen molar-refractivity contribution in [2.24, 2.45) is 23.2 Å². The Balaban J connectivity index is 1.39. The molecule has 2 atom stereocenters. The van der Waals surface area contributed by atoms with Crippen LogP contribution in [0, 0.1) is 29.0 Å². The minimum Gasteiger partial charge on any atom is -0.326 e. The molecule has 4 aliphatic carbocycles. The molecule has 0 spiro atoms. The van der Waals surface area contributed by atoms with Gasteiger partial charge >= 0.3 is 0 Å². The topological polar surface area (TPSA) is 49.4 Å². The van der Waals surface area contributed by atoms with Gasteiger partial charge in [0.1, 0.15) is 5.82 Å². The van der Waals surface area contributed by atoms with E-state index in [1.165, 1.54) is 18.6 Å². The van der Waals surface area contributed by atoms with E-state index in [0.29, 0.717) is 17.8 Å². The van der Waals surface area contributed by atoms with E-state index in [4.69, 9.17) is 0 Å². The van der Waals surface area contributed by atoms with Crippen LogP contribution in [0.25, 0.3) is 0 Å². The summed E-state index contributed by atoms with van der Waals surface area (Å²) >= 11 is 0. The number of amides is 2. The molecule has 1 saturated heterocycles. The average molecular weight is 378 g/mol. The van der Waals surface area contributed by atoms with Crippen molar-refractivity contribution in [3.05, 3.63) is 29.6 Å². The number of hydrogen-bond donors (Lipinski definition) is 1. The quantitative estimate of drug-likeness (QED) is 0.872. The molecule has 4 saturated carbocycles. The minimum absolute atomic E-state index is 0.0621. The number of nitrogens with zero attached hydrogens (tertiary/aromatic N) is 1. The van der Waals surface area contributed by atoms with Crippen LogP contribution in [0.15, 0.2) is 18.2 Å². The zero-order valence-electron chi connectivity index (χ0n) is 14.8. The van der Waals surface area contributed by atoms with Crippen LogP contribution < -0.4 is 5.32 Å². The Hall–Kier alpha value is -2.05. The van der Waals surface area contributed by atoms with Gasteiger partial charge in [-0.1, -0.05) is 0 Å². The molecular formula is C20H21F3N2O2. The van der Waals surface area contributed by atoms with Crippen LogP contribution in [0.4, 0.5) is 18.9 Å². The van der Waals surface area contributed by atoms with Crippen molar-refractivity contribution in [3.63, 3.8) is 0 Å². The lowest BCUT2D eigenvalue weighted by atomic mass is 9.75. The summed E-state index contributed by atoms with van der Waals surface area (Å²) in [4.78, 5) is 26.7. The van der Waals surface area contributed by atoms with Gasteiger partial charge in [0.2, 0.25) is 5.91 Å². The lowest BCUT2D eigenvalue weighted by Gasteiger charge is -2.39. The van der Waals surface area contributed by atoms with Gasteiger partial charge in [0.05, 0.1) is 29.8 Å². The van der Waals surface area contributed by atoms with Crippen molar-refractivity contribution < 1.29 is 22.8 Å². The highest BCUT2D eigenvalue weighted by atomic mass is 19.3. The summed E-state index contributed by atoms with van der Waals surface area (Å²) in [5, 5.41) is 2.85. The first-order valence-corrected chi connectivity index (χ1v) is 9.54. The van der Waals surface area contributed by atoms with E-state index in [2.05, 4.69) is 5.32 Å². The second-order valence-corrected chi connectivity index (χ2v) is 8.86. The van der Waals surface area contributed by atoms with Crippen LogP contribution in [0.3, 0.4) is 0 Å². The van der Waals surface area contributed by atoms with E-state index < -0.39 is 30.7 Å². The van der Waals surface area contributed by atoms with E-state index >= 15 is 0 Å². The number of alkyl halides is 2. The Morgan fingerprint density at radius 2 is 1.74 bits per heavy atom. The van der Waals surface area contributed by atoms with Crippen LogP contribution in [-0.2, 0) is 4.79 Å². The van der Waals surface area contributed by atoms with E-state index in [1.54, 1.807) is 0 Å². The molecule has 1 aromatic carbocycles. The number of likely N-dealkylation sites (tertiary alicyclic amines) is 1. The fraction of sp³-hybridized carbons (Fsp3) is 0.600. The number of carbonyl (C=O) groups is 2. The van der Waals surface area contributed by atoms with Crippen LogP contribution in [0.5, 0.6) is 0 Å². The lowest BCUT2D eigenvalue weighted by molar-refractivity contribution is -0.127. The van der Waals surface area contributed by atoms with Gasteiger partial charge in [-0.05, 0) is 68.1 Å². The molecule has 0 aromatic heterocycles. The second kappa shape index (κ2) is 5.49. The summed E-state index contributed by atoms with van der Waals surface area (Å²) in [5.41, 5.74) is -0.235. The van der Waals surface area contributed by atoms with E-state index in [-0.39, 0.29) is 22.6 Å². The molecular weight excluding hydrogens is 357 g/mol. The summed E-state index contributed by atoms with van der Waals surface area (Å²) in [6, 6.07) is 3.55. The zero-order valence-corrected chi connectivity index (χ0v) is 14.8.